The molecule has 3 heteroatoms. The average Bonchev–Trinajstić information content (AvgIpc) is 1.99. The van der Waals surface area contributed by atoms with E-state index >= 15 is 0 Å². The van der Waals surface area contributed by atoms with Crippen molar-refractivity contribution in [1.29, 1.82) is 0 Å². The monoisotopic (exact) mass is 190 g/mol. The van der Waals surface area contributed by atoms with E-state index in [1.165, 1.54) is 0 Å². The van der Waals surface area contributed by atoms with Gasteiger partial charge in [0.25, 0.3) is 0 Å². The highest BCUT2D eigenvalue weighted by Gasteiger charge is 2.32. The van der Waals surface area contributed by atoms with Crippen molar-refractivity contribution in [2.75, 3.05) is 13.2 Å². The van der Waals surface area contributed by atoms with Gasteiger partial charge in [-0.25, -0.2) is 0 Å². The summed E-state index contributed by atoms with van der Waals surface area (Å²) in [5.74, 6) is 0. The molecule has 0 radical (unpaired) electrons. The molecule has 0 amide bonds. The Labute approximate surface area is 76.6 Å². The zero-order valence-electron chi connectivity index (χ0n) is 8.72. The normalized spacial score (nSPS) is 13.5. The second kappa shape index (κ2) is 4.39. The van der Waals surface area contributed by atoms with Crippen LogP contribution in [0.4, 0.5) is 0 Å². The van der Waals surface area contributed by atoms with Crippen molar-refractivity contribution in [1.82, 2.24) is 0 Å². The van der Waals surface area contributed by atoms with Crippen LogP contribution in [0.15, 0.2) is 0 Å². The molecule has 0 bridgehead atoms. The smallest absolute Gasteiger partial charge is 0.0506 e. The van der Waals surface area contributed by atoms with E-state index in [0.29, 0.717) is 0 Å². The number of rotatable bonds is 5. The lowest BCUT2D eigenvalue weighted by atomic mass is 9.89. The van der Waals surface area contributed by atoms with Gasteiger partial charge in [-0.1, -0.05) is 26.6 Å². The summed E-state index contributed by atoms with van der Waals surface area (Å²) in [4.78, 5) is 0. The standard InChI is InChI=1S/C9H22O2Si/c1-5-9(6-10,7-11)8-12(2,3)4/h10-11H,5-8H2,1-4H3. The van der Waals surface area contributed by atoms with Crippen molar-refractivity contribution in [3.8, 4) is 0 Å². The molecule has 12 heavy (non-hydrogen) atoms. The SMILES string of the molecule is CCC(CO)(CO)C[Si](C)(C)C. The van der Waals surface area contributed by atoms with Gasteiger partial charge in [0.05, 0.1) is 13.2 Å². The second-order valence-corrected chi connectivity index (χ2v) is 10.4. The zero-order chi connectivity index (χ0) is 9.83. The Morgan fingerprint density at radius 2 is 1.50 bits per heavy atom. The first-order chi connectivity index (χ1) is 5.39. The summed E-state index contributed by atoms with van der Waals surface area (Å²) in [6.45, 7) is 9.06. The second-order valence-electron chi connectivity index (χ2n) is 4.91. The molecule has 0 heterocycles. The lowest BCUT2D eigenvalue weighted by Gasteiger charge is -2.34. The van der Waals surface area contributed by atoms with Crippen LogP contribution >= 0.6 is 0 Å². The molecule has 0 aromatic heterocycles. The molecule has 74 valence electrons. The highest BCUT2D eigenvalue weighted by atomic mass is 28.3. The highest BCUT2D eigenvalue weighted by Crippen LogP contribution is 2.31. The van der Waals surface area contributed by atoms with Crippen LogP contribution in [-0.2, 0) is 0 Å². The molecular weight excluding hydrogens is 168 g/mol. The predicted molar refractivity (Wildman–Crippen MR) is 55.0 cm³/mol. The maximum absolute atomic E-state index is 9.20. The van der Waals surface area contributed by atoms with E-state index < -0.39 is 8.07 Å². The van der Waals surface area contributed by atoms with Crippen molar-refractivity contribution in [3.63, 3.8) is 0 Å². The van der Waals surface area contributed by atoms with E-state index in [9.17, 15) is 10.2 Å². The molecule has 0 aliphatic carbocycles. The van der Waals surface area contributed by atoms with Crippen LogP contribution in [0.3, 0.4) is 0 Å². The van der Waals surface area contributed by atoms with Gasteiger partial charge >= 0.3 is 0 Å². The highest BCUT2D eigenvalue weighted by molar-refractivity contribution is 6.76. The fourth-order valence-corrected chi connectivity index (χ4v) is 4.36. The van der Waals surface area contributed by atoms with Crippen LogP contribution in [0, 0.1) is 5.41 Å². The molecule has 0 aromatic carbocycles. The minimum absolute atomic E-state index is 0.115. The molecule has 0 saturated carbocycles. The van der Waals surface area contributed by atoms with Crippen LogP contribution < -0.4 is 0 Å². The Hall–Kier alpha value is 0.137. The third-order valence-electron chi connectivity index (χ3n) is 2.33. The van der Waals surface area contributed by atoms with Gasteiger partial charge in [0.1, 0.15) is 0 Å². The molecule has 2 N–H and O–H groups in total. The fraction of sp³-hybridized carbons (Fsp3) is 1.00. The summed E-state index contributed by atoms with van der Waals surface area (Å²) in [5.41, 5.74) is -0.218. The molecule has 0 atom stereocenters. The van der Waals surface area contributed by atoms with E-state index in [1.807, 2.05) is 6.92 Å². The first-order valence-corrected chi connectivity index (χ1v) is 8.31. The van der Waals surface area contributed by atoms with E-state index in [-0.39, 0.29) is 18.6 Å². The lowest BCUT2D eigenvalue weighted by Crippen LogP contribution is -2.37. The van der Waals surface area contributed by atoms with Crippen LogP contribution in [-0.4, -0.2) is 31.5 Å². The Bertz CT molecular complexity index is 117. The molecule has 0 saturated heterocycles. The van der Waals surface area contributed by atoms with Crippen LogP contribution in [0.1, 0.15) is 13.3 Å². The Morgan fingerprint density at radius 1 is 1.08 bits per heavy atom. The molecular formula is C9H22O2Si. The van der Waals surface area contributed by atoms with Crippen LogP contribution in [0.5, 0.6) is 0 Å². The summed E-state index contributed by atoms with van der Waals surface area (Å²) in [5, 5.41) is 18.4. The molecule has 0 fully saturated rings. The number of hydrogen-bond donors (Lipinski definition) is 2. The molecule has 0 aliphatic rings. The number of aliphatic hydroxyl groups excluding tert-OH is 2. The third-order valence-corrected chi connectivity index (χ3v) is 4.14. The van der Waals surface area contributed by atoms with Gasteiger partial charge in [0.15, 0.2) is 0 Å². The first-order valence-electron chi connectivity index (χ1n) is 4.61. The lowest BCUT2D eigenvalue weighted by molar-refractivity contribution is 0.0659. The van der Waals surface area contributed by atoms with Crippen molar-refractivity contribution in [2.24, 2.45) is 5.41 Å². The van der Waals surface area contributed by atoms with E-state index in [2.05, 4.69) is 19.6 Å². The van der Waals surface area contributed by atoms with E-state index in [4.69, 9.17) is 0 Å². The quantitative estimate of drug-likeness (QED) is 0.648. The van der Waals surface area contributed by atoms with Gasteiger partial charge in [-0.2, -0.15) is 0 Å². The molecule has 0 unspecified atom stereocenters. The van der Waals surface area contributed by atoms with Crippen LogP contribution in [0.2, 0.25) is 25.7 Å². The first kappa shape index (κ1) is 12.1. The fourth-order valence-electron chi connectivity index (χ4n) is 1.64. The zero-order valence-corrected chi connectivity index (χ0v) is 9.72. The molecule has 0 spiro atoms. The summed E-state index contributed by atoms with van der Waals surface area (Å²) < 4.78 is 0. The molecule has 0 rings (SSSR count). The van der Waals surface area contributed by atoms with Crippen molar-refractivity contribution in [3.05, 3.63) is 0 Å². The Kier molecular flexibility index (Phi) is 4.44. The van der Waals surface area contributed by atoms with E-state index in [1.54, 1.807) is 0 Å². The Morgan fingerprint density at radius 3 is 1.58 bits per heavy atom. The number of aliphatic hydroxyl groups is 2. The minimum Gasteiger partial charge on any atom is -0.396 e. The third kappa shape index (κ3) is 3.69. The topological polar surface area (TPSA) is 40.5 Å². The largest absolute Gasteiger partial charge is 0.396 e. The average molecular weight is 190 g/mol. The Balaban J connectivity index is 4.30. The minimum atomic E-state index is -1.18. The van der Waals surface area contributed by atoms with Gasteiger partial charge in [0, 0.05) is 13.5 Å². The maximum Gasteiger partial charge on any atom is 0.0506 e. The maximum atomic E-state index is 9.20. The summed E-state index contributed by atoms with van der Waals surface area (Å²) >= 11 is 0. The van der Waals surface area contributed by atoms with Crippen molar-refractivity contribution >= 4 is 8.07 Å². The van der Waals surface area contributed by atoms with Gasteiger partial charge in [-0.15, -0.1) is 0 Å². The van der Waals surface area contributed by atoms with Gasteiger partial charge < -0.3 is 10.2 Å². The summed E-state index contributed by atoms with van der Waals surface area (Å²) in [6, 6.07) is 1.00. The summed E-state index contributed by atoms with van der Waals surface area (Å²) in [6.07, 6.45) is 0.865. The molecule has 0 aromatic rings. The van der Waals surface area contributed by atoms with E-state index in [0.717, 1.165) is 12.5 Å². The van der Waals surface area contributed by atoms with Gasteiger partial charge in [0.2, 0.25) is 0 Å². The molecule has 2 nitrogen and oxygen atoms in total. The molecule has 0 aliphatic heterocycles. The van der Waals surface area contributed by atoms with Gasteiger partial charge in [-0.05, 0) is 12.5 Å². The number of hydrogen-bond acceptors (Lipinski definition) is 2. The van der Waals surface area contributed by atoms with Gasteiger partial charge in [-0.3, -0.25) is 0 Å². The van der Waals surface area contributed by atoms with Crippen LogP contribution in [0.25, 0.3) is 0 Å². The van der Waals surface area contributed by atoms with Crippen molar-refractivity contribution in [2.45, 2.75) is 39.0 Å². The summed E-state index contributed by atoms with van der Waals surface area (Å²) in [7, 11) is -1.18. The van der Waals surface area contributed by atoms with Crippen molar-refractivity contribution < 1.29 is 10.2 Å². The predicted octanol–water partition coefficient (Wildman–Crippen LogP) is 1.71.